The van der Waals surface area contributed by atoms with E-state index in [4.69, 9.17) is 16.3 Å². The van der Waals surface area contributed by atoms with Crippen LogP contribution in [0.3, 0.4) is 0 Å². The fraction of sp³-hybridized carbons (Fsp3) is 0.200. The van der Waals surface area contributed by atoms with Gasteiger partial charge in [0.2, 0.25) is 0 Å². The van der Waals surface area contributed by atoms with Crippen molar-refractivity contribution in [1.82, 2.24) is 0 Å². The molecular formula is C15H12BrClO2. The third-order valence-corrected chi connectivity index (χ3v) is 4.14. The van der Waals surface area contributed by atoms with Gasteiger partial charge in [-0.15, -0.1) is 11.6 Å². The van der Waals surface area contributed by atoms with Gasteiger partial charge in [-0.05, 0) is 42.8 Å². The highest BCUT2D eigenvalue weighted by Gasteiger charge is 2.29. The summed E-state index contributed by atoms with van der Waals surface area (Å²) < 4.78 is 6.86. The summed E-state index contributed by atoms with van der Waals surface area (Å²) in [6.45, 7) is 1.93. The van der Waals surface area contributed by atoms with Crippen molar-refractivity contribution in [3.8, 4) is 17.2 Å². The SMILES string of the molecule is Cc1cc(O)c2c(c1)Oc1ccc(Br)cc1C2CCl. The van der Waals surface area contributed by atoms with E-state index in [-0.39, 0.29) is 11.7 Å². The summed E-state index contributed by atoms with van der Waals surface area (Å²) in [5.74, 6) is 2.07. The van der Waals surface area contributed by atoms with Gasteiger partial charge in [0, 0.05) is 27.4 Å². The number of phenolic OH excluding ortho intramolecular Hbond substituents is 1. The second kappa shape index (κ2) is 4.73. The lowest BCUT2D eigenvalue weighted by molar-refractivity contribution is 0.421. The number of benzene rings is 2. The third kappa shape index (κ3) is 2.11. The minimum absolute atomic E-state index is 0.0569. The highest BCUT2D eigenvalue weighted by molar-refractivity contribution is 9.10. The number of hydrogen-bond acceptors (Lipinski definition) is 2. The van der Waals surface area contributed by atoms with E-state index in [0.29, 0.717) is 11.6 Å². The Morgan fingerprint density at radius 1 is 1.26 bits per heavy atom. The molecule has 1 unspecified atom stereocenters. The topological polar surface area (TPSA) is 29.5 Å². The lowest BCUT2D eigenvalue weighted by Gasteiger charge is -2.28. The molecule has 1 heterocycles. The van der Waals surface area contributed by atoms with Crippen molar-refractivity contribution in [2.24, 2.45) is 0 Å². The lowest BCUT2D eigenvalue weighted by Crippen LogP contribution is -2.12. The number of aryl methyl sites for hydroxylation is 1. The van der Waals surface area contributed by atoms with Gasteiger partial charge in [-0.1, -0.05) is 15.9 Å². The van der Waals surface area contributed by atoms with Crippen LogP contribution in [-0.2, 0) is 0 Å². The summed E-state index contributed by atoms with van der Waals surface area (Å²) in [4.78, 5) is 0. The molecule has 4 heteroatoms. The van der Waals surface area contributed by atoms with E-state index in [9.17, 15) is 5.11 Å². The van der Waals surface area contributed by atoms with Crippen molar-refractivity contribution in [1.29, 1.82) is 0 Å². The molecule has 0 bridgehead atoms. The molecule has 98 valence electrons. The van der Waals surface area contributed by atoms with E-state index in [0.717, 1.165) is 26.9 Å². The van der Waals surface area contributed by atoms with E-state index in [1.54, 1.807) is 6.07 Å². The van der Waals surface area contributed by atoms with E-state index < -0.39 is 0 Å². The maximum atomic E-state index is 10.2. The summed E-state index contributed by atoms with van der Waals surface area (Å²) in [5.41, 5.74) is 2.73. The van der Waals surface area contributed by atoms with Crippen LogP contribution in [0.4, 0.5) is 0 Å². The normalized spacial score (nSPS) is 16.5. The molecule has 1 N–H and O–H groups in total. The van der Waals surface area contributed by atoms with Gasteiger partial charge in [-0.25, -0.2) is 0 Å². The summed E-state index contributed by atoms with van der Waals surface area (Å²) >= 11 is 9.57. The Morgan fingerprint density at radius 2 is 2.05 bits per heavy atom. The van der Waals surface area contributed by atoms with E-state index >= 15 is 0 Å². The van der Waals surface area contributed by atoms with Crippen molar-refractivity contribution in [2.45, 2.75) is 12.8 Å². The predicted octanol–water partition coefficient (Wildman–Crippen LogP) is 4.94. The molecule has 0 aliphatic carbocycles. The van der Waals surface area contributed by atoms with Crippen LogP contribution in [0.5, 0.6) is 17.2 Å². The summed E-state index contributed by atoms with van der Waals surface area (Å²) in [6, 6.07) is 9.51. The van der Waals surface area contributed by atoms with Crippen molar-refractivity contribution in [2.75, 3.05) is 5.88 Å². The van der Waals surface area contributed by atoms with E-state index in [1.807, 2.05) is 31.2 Å². The van der Waals surface area contributed by atoms with Crippen LogP contribution in [0.25, 0.3) is 0 Å². The molecule has 2 aromatic rings. The molecule has 0 aromatic heterocycles. The minimum Gasteiger partial charge on any atom is -0.507 e. The number of alkyl halides is 1. The van der Waals surface area contributed by atoms with Crippen LogP contribution in [0.2, 0.25) is 0 Å². The van der Waals surface area contributed by atoms with E-state index in [1.165, 1.54) is 0 Å². The largest absolute Gasteiger partial charge is 0.507 e. The summed E-state index contributed by atoms with van der Waals surface area (Å²) in [5, 5.41) is 10.2. The van der Waals surface area contributed by atoms with Gasteiger partial charge in [-0.3, -0.25) is 0 Å². The Kier molecular flexibility index (Phi) is 3.19. The Balaban J connectivity index is 2.23. The number of hydrogen-bond donors (Lipinski definition) is 1. The van der Waals surface area contributed by atoms with Gasteiger partial charge in [-0.2, -0.15) is 0 Å². The first-order chi connectivity index (χ1) is 9.10. The average Bonchev–Trinajstić information content (AvgIpc) is 2.36. The lowest BCUT2D eigenvalue weighted by atomic mass is 9.88. The minimum atomic E-state index is -0.0569. The molecule has 3 rings (SSSR count). The number of rotatable bonds is 1. The maximum absolute atomic E-state index is 10.2. The Morgan fingerprint density at radius 3 is 2.79 bits per heavy atom. The zero-order valence-electron chi connectivity index (χ0n) is 10.3. The van der Waals surface area contributed by atoms with Crippen LogP contribution in [0.1, 0.15) is 22.6 Å². The number of fused-ring (bicyclic) bond motifs is 2. The second-order valence-corrected chi connectivity index (χ2v) is 5.91. The molecule has 1 atom stereocenters. The highest BCUT2D eigenvalue weighted by Crippen LogP contribution is 2.49. The number of ether oxygens (including phenoxy) is 1. The molecule has 0 radical (unpaired) electrons. The number of halogens is 2. The first-order valence-corrected chi connectivity index (χ1v) is 7.29. The highest BCUT2D eigenvalue weighted by atomic mass is 79.9. The third-order valence-electron chi connectivity index (χ3n) is 3.33. The van der Waals surface area contributed by atoms with Gasteiger partial charge in [0.05, 0.1) is 0 Å². The second-order valence-electron chi connectivity index (χ2n) is 4.69. The molecular weight excluding hydrogens is 328 g/mol. The van der Waals surface area contributed by atoms with Gasteiger partial charge >= 0.3 is 0 Å². The molecule has 2 aromatic carbocycles. The quantitative estimate of drug-likeness (QED) is 0.746. The van der Waals surface area contributed by atoms with Crippen molar-refractivity contribution in [3.63, 3.8) is 0 Å². The summed E-state index contributed by atoms with van der Waals surface area (Å²) in [6.07, 6.45) is 0. The van der Waals surface area contributed by atoms with E-state index in [2.05, 4.69) is 15.9 Å². The summed E-state index contributed by atoms with van der Waals surface area (Å²) in [7, 11) is 0. The molecule has 1 aliphatic rings. The molecule has 0 spiro atoms. The molecule has 1 aliphatic heterocycles. The van der Waals surface area contributed by atoms with Gasteiger partial charge in [0.15, 0.2) is 0 Å². The fourth-order valence-corrected chi connectivity index (χ4v) is 3.20. The smallest absolute Gasteiger partial charge is 0.135 e. The standard InChI is InChI=1S/C15H12BrClO2/c1-8-4-12(18)15-11(7-17)10-6-9(16)2-3-13(10)19-14(15)5-8/h2-6,11,18H,7H2,1H3. The van der Waals surface area contributed by atoms with Crippen LogP contribution in [0.15, 0.2) is 34.8 Å². The van der Waals surface area contributed by atoms with Crippen LogP contribution < -0.4 is 4.74 Å². The molecule has 2 nitrogen and oxygen atoms in total. The molecule has 0 amide bonds. The molecule has 0 saturated heterocycles. The van der Waals surface area contributed by atoms with Crippen molar-refractivity contribution < 1.29 is 9.84 Å². The zero-order chi connectivity index (χ0) is 13.6. The Labute approximate surface area is 125 Å². The van der Waals surface area contributed by atoms with Crippen LogP contribution in [0, 0.1) is 6.92 Å². The number of phenols is 1. The number of aromatic hydroxyl groups is 1. The Hall–Kier alpha value is -1.19. The molecule has 0 fully saturated rings. The molecule has 0 saturated carbocycles. The average molecular weight is 340 g/mol. The Bertz CT molecular complexity index is 655. The van der Waals surface area contributed by atoms with Gasteiger partial charge < -0.3 is 9.84 Å². The zero-order valence-corrected chi connectivity index (χ0v) is 12.6. The maximum Gasteiger partial charge on any atom is 0.135 e. The fourth-order valence-electron chi connectivity index (χ4n) is 2.50. The monoisotopic (exact) mass is 338 g/mol. The van der Waals surface area contributed by atoms with Crippen molar-refractivity contribution >= 4 is 27.5 Å². The van der Waals surface area contributed by atoms with Gasteiger partial charge in [0.25, 0.3) is 0 Å². The van der Waals surface area contributed by atoms with Crippen molar-refractivity contribution in [3.05, 3.63) is 51.5 Å². The van der Waals surface area contributed by atoms with Crippen LogP contribution in [-0.4, -0.2) is 11.0 Å². The van der Waals surface area contributed by atoms with Gasteiger partial charge in [0.1, 0.15) is 17.2 Å². The first kappa shape index (κ1) is 12.8. The molecule has 19 heavy (non-hydrogen) atoms. The van der Waals surface area contributed by atoms with Crippen LogP contribution >= 0.6 is 27.5 Å². The predicted molar refractivity (Wildman–Crippen MR) is 79.6 cm³/mol. The first-order valence-electron chi connectivity index (χ1n) is 5.97.